The maximum atomic E-state index is 11.9. The topological polar surface area (TPSA) is 114 Å². The fourth-order valence-electron chi connectivity index (χ4n) is 3.39. The Bertz CT molecular complexity index is 717. The van der Waals surface area contributed by atoms with E-state index in [4.69, 9.17) is 14.0 Å². The zero-order chi connectivity index (χ0) is 20.1. The maximum absolute atomic E-state index is 11.9. The van der Waals surface area contributed by atoms with Gasteiger partial charge in [-0.05, 0) is 26.7 Å². The van der Waals surface area contributed by atoms with Crippen molar-refractivity contribution < 1.29 is 27.5 Å². The molecule has 2 saturated heterocycles. The van der Waals surface area contributed by atoms with E-state index in [0.717, 1.165) is 37.8 Å². The number of aromatic nitrogens is 1. The summed E-state index contributed by atoms with van der Waals surface area (Å²) >= 11 is 0. The van der Waals surface area contributed by atoms with E-state index in [1.54, 1.807) is 13.8 Å². The lowest BCUT2D eigenvalue weighted by Crippen LogP contribution is -2.47. The van der Waals surface area contributed by atoms with Crippen molar-refractivity contribution in [3.8, 4) is 0 Å². The van der Waals surface area contributed by atoms with Gasteiger partial charge in [-0.2, -0.15) is 0 Å². The molecule has 0 saturated carbocycles. The summed E-state index contributed by atoms with van der Waals surface area (Å²) < 4.78 is 43.1. The Kier molecular flexibility index (Phi) is 7.46. The van der Waals surface area contributed by atoms with Crippen LogP contribution in [0.5, 0.6) is 0 Å². The van der Waals surface area contributed by atoms with Crippen LogP contribution in [0.25, 0.3) is 0 Å². The van der Waals surface area contributed by atoms with Gasteiger partial charge < -0.3 is 19.1 Å². The number of morpholine rings is 1. The Morgan fingerprint density at radius 1 is 1.32 bits per heavy atom. The summed E-state index contributed by atoms with van der Waals surface area (Å²) in [6, 6.07) is 1.94. The number of hydrogen-bond acceptors (Lipinski definition) is 8. The van der Waals surface area contributed by atoms with Crippen LogP contribution in [0.2, 0.25) is 0 Å². The minimum absolute atomic E-state index is 0.0687. The predicted octanol–water partition coefficient (Wildman–Crippen LogP) is 0.286. The molecule has 0 bridgehead atoms. The highest BCUT2D eigenvalue weighted by Crippen LogP contribution is 2.23. The van der Waals surface area contributed by atoms with Gasteiger partial charge in [0, 0.05) is 32.1 Å². The van der Waals surface area contributed by atoms with Gasteiger partial charge in [0.2, 0.25) is 10.0 Å². The molecular weight excluding hydrogens is 386 g/mol. The largest absolute Gasteiger partial charge is 0.390 e. The first-order valence-electron chi connectivity index (χ1n) is 9.90. The van der Waals surface area contributed by atoms with E-state index >= 15 is 0 Å². The molecule has 3 rings (SSSR count). The zero-order valence-corrected chi connectivity index (χ0v) is 17.4. The van der Waals surface area contributed by atoms with Gasteiger partial charge in [0.05, 0.1) is 49.0 Å². The number of rotatable bonds is 8. The van der Waals surface area contributed by atoms with E-state index in [2.05, 4.69) is 14.8 Å². The summed E-state index contributed by atoms with van der Waals surface area (Å²) in [6.07, 6.45) is 0.468. The fourth-order valence-corrected chi connectivity index (χ4v) is 4.12. The lowest BCUT2D eigenvalue weighted by molar-refractivity contribution is -0.113. The highest BCUT2D eigenvalue weighted by Gasteiger charge is 2.32. The Balaban J connectivity index is 1.50. The number of ether oxygens (including phenoxy) is 2. The zero-order valence-electron chi connectivity index (χ0n) is 16.5. The maximum Gasteiger partial charge on any atom is 0.214 e. The summed E-state index contributed by atoms with van der Waals surface area (Å²) in [7, 11) is -3.39. The van der Waals surface area contributed by atoms with Crippen LogP contribution in [-0.4, -0.2) is 80.0 Å². The second-order valence-electron chi connectivity index (χ2n) is 7.76. The molecule has 0 radical (unpaired) electrons. The SMILES string of the molecule is CC(C)S(=O)(=O)NC[C@H]1O[C@H](Cc2cc(CN3CCOCC3)on2)CC[C@@H]1O. The first-order valence-corrected chi connectivity index (χ1v) is 11.4. The lowest BCUT2D eigenvalue weighted by Gasteiger charge is -2.34. The van der Waals surface area contributed by atoms with Crippen molar-refractivity contribution in [1.29, 1.82) is 0 Å². The van der Waals surface area contributed by atoms with Crippen molar-refractivity contribution in [3.05, 3.63) is 17.5 Å². The summed E-state index contributed by atoms with van der Waals surface area (Å²) in [5.41, 5.74) is 0.811. The molecule has 0 amide bonds. The normalized spacial score (nSPS) is 27.4. The third kappa shape index (κ3) is 5.98. The molecule has 2 aliphatic heterocycles. The van der Waals surface area contributed by atoms with Crippen LogP contribution in [0.1, 0.15) is 38.1 Å². The van der Waals surface area contributed by atoms with Crippen LogP contribution in [0.3, 0.4) is 0 Å². The van der Waals surface area contributed by atoms with E-state index in [0.29, 0.717) is 25.8 Å². The van der Waals surface area contributed by atoms with Gasteiger partial charge in [-0.15, -0.1) is 0 Å². The molecule has 0 spiro atoms. The van der Waals surface area contributed by atoms with Crippen LogP contribution in [0.4, 0.5) is 0 Å². The number of nitrogens with one attached hydrogen (secondary N) is 1. The monoisotopic (exact) mass is 417 g/mol. The van der Waals surface area contributed by atoms with Crippen LogP contribution < -0.4 is 4.72 Å². The molecule has 3 atom stereocenters. The number of hydrogen-bond donors (Lipinski definition) is 2. The molecule has 1 aromatic rings. The molecule has 2 fully saturated rings. The van der Waals surface area contributed by atoms with Crippen molar-refractivity contribution >= 4 is 10.0 Å². The molecule has 2 N–H and O–H groups in total. The summed E-state index contributed by atoms with van der Waals surface area (Å²) in [5, 5.41) is 13.8. The van der Waals surface area contributed by atoms with E-state index in [1.807, 2.05) is 6.07 Å². The Morgan fingerprint density at radius 2 is 2.07 bits per heavy atom. The smallest absolute Gasteiger partial charge is 0.214 e. The van der Waals surface area contributed by atoms with Crippen LogP contribution in [0.15, 0.2) is 10.6 Å². The molecule has 0 unspecified atom stereocenters. The number of sulfonamides is 1. The molecule has 28 heavy (non-hydrogen) atoms. The molecule has 10 heteroatoms. The average molecular weight is 418 g/mol. The molecule has 9 nitrogen and oxygen atoms in total. The Hall–Kier alpha value is -1.04. The van der Waals surface area contributed by atoms with Crippen LogP contribution in [-0.2, 0) is 32.5 Å². The van der Waals surface area contributed by atoms with Crippen LogP contribution >= 0.6 is 0 Å². The Morgan fingerprint density at radius 3 is 2.79 bits per heavy atom. The van der Waals surface area contributed by atoms with E-state index in [9.17, 15) is 13.5 Å². The second-order valence-corrected chi connectivity index (χ2v) is 10.1. The van der Waals surface area contributed by atoms with Crippen LogP contribution in [0, 0.1) is 0 Å². The molecule has 0 aliphatic carbocycles. The van der Waals surface area contributed by atoms with Gasteiger partial charge >= 0.3 is 0 Å². The summed E-state index contributed by atoms with van der Waals surface area (Å²) in [4.78, 5) is 2.26. The first-order chi connectivity index (χ1) is 13.3. The summed E-state index contributed by atoms with van der Waals surface area (Å²) in [5.74, 6) is 0.814. The van der Waals surface area contributed by atoms with Crippen molar-refractivity contribution in [1.82, 2.24) is 14.8 Å². The quantitative estimate of drug-likeness (QED) is 0.620. The summed E-state index contributed by atoms with van der Waals surface area (Å²) in [6.45, 7) is 7.24. The molecule has 2 aliphatic rings. The fraction of sp³-hybridized carbons (Fsp3) is 0.833. The van der Waals surface area contributed by atoms with Crippen molar-refractivity contribution in [2.75, 3.05) is 32.8 Å². The standard InChI is InChI=1S/C18H31N3O6S/c1-13(2)28(23,24)19-11-18-17(22)4-3-15(26-18)9-14-10-16(27-20-14)12-21-5-7-25-8-6-21/h10,13,15,17-19,22H,3-9,11-12H2,1-2H3/t15-,17-,18+/m0/s1. The minimum atomic E-state index is -3.39. The molecule has 160 valence electrons. The molecule has 0 aromatic carbocycles. The average Bonchev–Trinajstić information content (AvgIpc) is 3.09. The van der Waals surface area contributed by atoms with E-state index in [1.165, 1.54) is 0 Å². The van der Waals surface area contributed by atoms with Crippen molar-refractivity contribution in [3.63, 3.8) is 0 Å². The number of aliphatic hydroxyl groups is 1. The van der Waals surface area contributed by atoms with Gasteiger partial charge in [-0.1, -0.05) is 5.16 Å². The van der Waals surface area contributed by atoms with Gasteiger partial charge in [0.15, 0.2) is 5.76 Å². The van der Waals surface area contributed by atoms with E-state index in [-0.39, 0.29) is 12.6 Å². The van der Waals surface area contributed by atoms with Gasteiger partial charge in [0.25, 0.3) is 0 Å². The van der Waals surface area contributed by atoms with Crippen molar-refractivity contribution in [2.24, 2.45) is 0 Å². The first kappa shape index (κ1) is 21.7. The number of aliphatic hydroxyl groups excluding tert-OH is 1. The number of nitrogens with zero attached hydrogens (tertiary/aromatic N) is 2. The highest BCUT2D eigenvalue weighted by molar-refractivity contribution is 7.90. The third-order valence-corrected chi connectivity index (χ3v) is 7.03. The second kappa shape index (κ2) is 9.64. The van der Waals surface area contributed by atoms with Crippen molar-refractivity contribution in [2.45, 2.75) is 63.2 Å². The van der Waals surface area contributed by atoms with Gasteiger partial charge in [-0.3, -0.25) is 4.90 Å². The predicted molar refractivity (Wildman–Crippen MR) is 102 cm³/mol. The van der Waals surface area contributed by atoms with E-state index < -0.39 is 27.5 Å². The van der Waals surface area contributed by atoms with Gasteiger partial charge in [0.1, 0.15) is 0 Å². The molecule has 3 heterocycles. The molecule has 1 aromatic heterocycles. The molecular formula is C18H31N3O6S. The Labute approximate surface area is 166 Å². The third-order valence-electron chi connectivity index (χ3n) is 5.21. The highest BCUT2D eigenvalue weighted by atomic mass is 32.2. The minimum Gasteiger partial charge on any atom is -0.390 e. The van der Waals surface area contributed by atoms with Gasteiger partial charge in [-0.25, -0.2) is 13.1 Å². The lowest BCUT2D eigenvalue weighted by atomic mass is 9.98.